The molecule has 0 bridgehead atoms. The fourth-order valence-corrected chi connectivity index (χ4v) is 2.62. The average Bonchev–Trinajstić information content (AvgIpc) is 3.08. The molecule has 100 valence electrons. The van der Waals surface area contributed by atoms with Crippen molar-refractivity contribution in [2.45, 2.75) is 13.3 Å². The van der Waals surface area contributed by atoms with Crippen molar-refractivity contribution in [3.63, 3.8) is 0 Å². The van der Waals surface area contributed by atoms with Gasteiger partial charge >= 0.3 is 0 Å². The standard InChI is InChI=1S/C16H14N2O2/c1-2-16-17-12-8-14-15(20-10-19-14)9-13(12)18(16)11-6-4-3-5-7-11/h3-9H,2,10H2,1H3. The third-order valence-corrected chi connectivity index (χ3v) is 3.55. The van der Waals surface area contributed by atoms with Crippen LogP contribution in [0.1, 0.15) is 12.7 Å². The van der Waals surface area contributed by atoms with E-state index in [0.717, 1.165) is 40.5 Å². The molecule has 0 saturated carbocycles. The van der Waals surface area contributed by atoms with Crippen molar-refractivity contribution in [2.75, 3.05) is 6.79 Å². The lowest BCUT2D eigenvalue weighted by Crippen LogP contribution is -1.99. The molecule has 0 fully saturated rings. The number of hydrogen-bond acceptors (Lipinski definition) is 3. The number of aryl methyl sites for hydroxylation is 1. The van der Waals surface area contributed by atoms with E-state index in [-0.39, 0.29) is 6.79 Å². The summed E-state index contributed by atoms with van der Waals surface area (Å²) in [5.74, 6) is 2.60. The third-order valence-electron chi connectivity index (χ3n) is 3.55. The second-order valence-electron chi connectivity index (χ2n) is 4.75. The Morgan fingerprint density at radius 2 is 1.85 bits per heavy atom. The molecule has 2 heterocycles. The molecule has 0 saturated heterocycles. The van der Waals surface area contributed by atoms with E-state index in [9.17, 15) is 0 Å². The lowest BCUT2D eigenvalue weighted by atomic mass is 10.2. The lowest BCUT2D eigenvalue weighted by molar-refractivity contribution is 0.174. The van der Waals surface area contributed by atoms with Crippen LogP contribution in [0, 0.1) is 0 Å². The Balaban J connectivity index is 2.03. The first kappa shape index (κ1) is 11.3. The Labute approximate surface area is 116 Å². The van der Waals surface area contributed by atoms with Crippen LogP contribution in [0.5, 0.6) is 11.5 Å². The number of rotatable bonds is 2. The fourth-order valence-electron chi connectivity index (χ4n) is 2.62. The number of fused-ring (bicyclic) bond motifs is 2. The SMILES string of the molecule is CCc1nc2cc3c(cc2n1-c1ccccc1)OCO3. The van der Waals surface area contributed by atoms with E-state index in [4.69, 9.17) is 14.5 Å². The zero-order valence-electron chi connectivity index (χ0n) is 11.2. The molecule has 1 aliphatic heterocycles. The smallest absolute Gasteiger partial charge is 0.231 e. The summed E-state index contributed by atoms with van der Waals surface area (Å²) in [6, 6.07) is 14.2. The molecule has 2 aromatic carbocycles. The highest BCUT2D eigenvalue weighted by molar-refractivity contribution is 5.82. The van der Waals surface area contributed by atoms with Gasteiger partial charge in [0.15, 0.2) is 11.5 Å². The zero-order chi connectivity index (χ0) is 13.5. The van der Waals surface area contributed by atoms with Gasteiger partial charge in [0, 0.05) is 24.2 Å². The van der Waals surface area contributed by atoms with E-state index in [1.807, 2.05) is 30.3 Å². The Hall–Kier alpha value is -2.49. The molecule has 0 radical (unpaired) electrons. The van der Waals surface area contributed by atoms with Gasteiger partial charge in [-0.3, -0.25) is 4.57 Å². The molecule has 0 amide bonds. The van der Waals surface area contributed by atoms with Gasteiger partial charge in [0.05, 0.1) is 11.0 Å². The minimum absolute atomic E-state index is 0.286. The van der Waals surface area contributed by atoms with E-state index in [1.165, 1.54) is 0 Å². The van der Waals surface area contributed by atoms with Crippen LogP contribution in [-0.4, -0.2) is 16.3 Å². The summed E-state index contributed by atoms with van der Waals surface area (Å²) in [6.07, 6.45) is 0.871. The number of imidazole rings is 1. The number of nitrogens with zero attached hydrogens (tertiary/aromatic N) is 2. The van der Waals surface area contributed by atoms with Crippen molar-refractivity contribution in [3.05, 3.63) is 48.3 Å². The molecule has 0 unspecified atom stereocenters. The Bertz CT molecular complexity index is 778. The normalized spacial score (nSPS) is 13.1. The minimum Gasteiger partial charge on any atom is -0.454 e. The summed E-state index contributed by atoms with van der Waals surface area (Å²) < 4.78 is 13.1. The second kappa shape index (κ2) is 4.27. The average molecular weight is 266 g/mol. The van der Waals surface area contributed by atoms with Crippen LogP contribution in [0.15, 0.2) is 42.5 Å². The number of hydrogen-bond donors (Lipinski definition) is 0. The van der Waals surface area contributed by atoms with E-state index < -0.39 is 0 Å². The van der Waals surface area contributed by atoms with Crippen LogP contribution in [-0.2, 0) is 6.42 Å². The molecule has 0 spiro atoms. The van der Waals surface area contributed by atoms with Crippen LogP contribution in [0.2, 0.25) is 0 Å². The van der Waals surface area contributed by atoms with Gasteiger partial charge in [-0.25, -0.2) is 4.98 Å². The van der Waals surface area contributed by atoms with Crippen molar-refractivity contribution in [1.82, 2.24) is 9.55 Å². The van der Waals surface area contributed by atoms with E-state index in [2.05, 4.69) is 23.6 Å². The van der Waals surface area contributed by atoms with Gasteiger partial charge in [-0.2, -0.15) is 0 Å². The maximum atomic E-state index is 5.48. The minimum atomic E-state index is 0.286. The molecule has 4 heteroatoms. The van der Waals surface area contributed by atoms with Gasteiger partial charge in [0.2, 0.25) is 6.79 Å². The lowest BCUT2D eigenvalue weighted by Gasteiger charge is -2.08. The highest BCUT2D eigenvalue weighted by Gasteiger charge is 2.19. The Morgan fingerprint density at radius 1 is 1.10 bits per heavy atom. The fraction of sp³-hybridized carbons (Fsp3) is 0.188. The first-order chi connectivity index (χ1) is 9.86. The summed E-state index contributed by atoms with van der Waals surface area (Å²) >= 11 is 0. The number of para-hydroxylation sites is 1. The van der Waals surface area contributed by atoms with Gasteiger partial charge in [-0.15, -0.1) is 0 Å². The molecule has 3 aromatic rings. The summed E-state index contributed by atoms with van der Waals surface area (Å²) in [5.41, 5.74) is 3.11. The van der Waals surface area contributed by atoms with E-state index in [1.54, 1.807) is 0 Å². The monoisotopic (exact) mass is 266 g/mol. The quantitative estimate of drug-likeness (QED) is 0.714. The molecular weight excluding hydrogens is 252 g/mol. The maximum absolute atomic E-state index is 5.48. The van der Waals surface area contributed by atoms with Crippen molar-refractivity contribution in [3.8, 4) is 17.2 Å². The van der Waals surface area contributed by atoms with Crippen molar-refractivity contribution >= 4 is 11.0 Å². The molecular formula is C16H14N2O2. The molecule has 0 atom stereocenters. The molecule has 0 N–H and O–H groups in total. The predicted molar refractivity (Wildman–Crippen MR) is 76.6 cm³/mol. The summed E-state index contributed by atoms with van der Waals surface area (Å²) in [5, 5.41) is 0. The highest BCUT2D eigenvalue weighted by atomic mass is 16.7. The van der Waals surface area contributed by atoms with Gasteiger partial charge in [-0.1, -0.05) is 25.1 Å². The van der Waals surface area contributed by atoms with E-state index in [0.29, 0.717) is 0 Å². The van der Waals surface area contributed by atoms with Crippen LogP contribution < -0.4 is 9.47 Å². The largest absolute Gasteiger partial charge is 0.454 e. The maximum Gasteiger partial charge on any atom is 0.231 e. The zero-order valence-corrected chi connectivity index (χ0v) is 11.2. The van der Waals surface area contributed by atoms with Crippen LogP contribution >= 0.6 is 0 Å². The van der Waals surface area contributed by atoms with Crippen molar-refractivity contribution in [2.24, 2.45) is 0 Å². The molecule has 4 nitrogen and oxygen atoms in total. The van der Waals surface area contributed by atoms with Gasteiger partial charge in [0.1, 0.15) is 5.82 Å². The molecule has 20 heavy (non-hydrogen) atoms. The number of benzene rings is 2. The second-order valence-corrected chi connectivity index (χ2v) is 4.75. The first-order valence-electron chi connectivity index (χ1n) is 6.73. The highest BCUT2D eigenvalue weighted by Crippen LogP contribution is 2.37. The Morgan fingerprint density at radius 3 is 2.60 bits per heavy atom. The number of ether oxygens (including phenoxy) is 2. The first-order valence-corrected chi connectivity index (χ1v) is 6.73. The molecule has 1 aromatic heterocycles. The summed E-state index contributed by atoms with van der Waals surface area (Å²) in [7, 11) is 0. The van der Waals surface area contributed by atoms with Crippen molar-refractivity contribution in [1.29, 1.82) is 0 Å². The topological polar surface area (TPSA) is 36.3 Å². The van der Waals surface area contributed by atoms with Crippen LogP contribution in [0.4, 0.5) is 0 Å². The van der Waals surface area contributed by atoms with Crippen LogP contribution in [0.25, 0.3) is 16.7 Å². The van der Waals surface area contributed by atoms with E-state index >= 15 is 0 Å². The van der Waals surface area contributed by atoms with Gasteiger partial charge in [0.25, 0.3) is 0 Å². The molecule has 4 rings (SSSR count). The summed E-state index contributed by atoms with van der Waals surface area (Å²) in [6.45, 7) is 2.40. The van der Waals surface area contributed by atoms with Crippen LogP contribution in [0.3, 0.4) is 0 Å². The van der Waals surface area contributed by atoms with Gasteiger partial charge < -0.3 is 9.47 Å². The predicted octanol–water partition coefficient (Wildman–Crippen LogP) is 3.32. The molecule has 1 aliphatic rings. The van der Waals surface area contributed by atoms with Gasteiger partial charge in [-0.05, 0) is 12.1 Å². The summed E-state index contributed by atoms with van der Waals surface area (Å²) in [4.78, 5) is 4.71. The molecule has 0 aliphatic carbocycles. The number of aromatic nitrogens is 2. The van der Waals surface area contributed by atoms with Crippen molar-refractivity contribution < 1.29 is 9.47 Å². The third kappa shape index (κ3) is 1.58. The Kier molecular flexibility index (Phi) is 2.42.